The molecule has 0 saturated carbocycles. The first-order valence-corrected chi connectivity index (χ1v) is 8.80. The van der Waals surface area contributed by atoms with Crippen molar-refractivity contribution in [1.29, 1.82) is 0 Å². The predicted octanol–water partition coefficient (Wildman–Crippen LogP) is -4.29. The van der Waals surface area contributed by atoms with E-state index < -0.39 is 66.8 Å². The smallest absolute Gasteiger partial charge is 0.322 e. The van der Waals surface area contributed by atoms with E-state index in [1.807, 2.05) is 5.32 Å². The van der Waals surface area contributed by atoms with Crippen molar-refractivity contribution in [3.05, 3.63) is 18.2 Å². The van der Waals surface area contributed by atoms with Crippen LogP contribution in [0.1, 0.15) is 19.0 Å². The molecular formula is C16H25N7O7. The van der Waals surface area contributed by atoms with E-state index in [4.69, 9.17) is 16.6 Å². The lowest BCUT2D eigenvalue weighted by Crippen LogP contribution is -2.59. The Labute approximate surface area is 170 Å². The second-order valence-corrected chi connectivity index (χ2v) is 6.46. The lowest BCUT2D eigenvalue weighted by Gasteiger charge is -2.24. The van der Waals surface area contributed by atoms with Crippen LogP contribution in [0.25, 0.3) is 0 Å². The SMILES string of the molecule is CC(O)C(NC(=O)C(CC(N)=O)NC(=O)C(N)Cc1cnc[nH]1)C(=O)NCC(=O)O. The molecule has 14 nitrogen and oxygen atoms in total. The summed E-state index contributed by atoms with van der Waals surface area (Å²) in [5.41, 5.74) is 11.5. The van der Waals surface area contributed by atoms with E-state index in [2.05, 4.69) is 20.6 Å². The van der Waals surface area contributed by atoms with Gasteiger partial charge in [-0.05, 0) is 6.92 Å². The van der Waals surface area contributed by atoms with Crippen molar-refractivity contribution in [3.8, 4) is 0 Å². The molecule has 0 aliphatic rings. The third-order valence-corrected chi connectivity index (χ3v) is 3.85. The Balaban J connectivity index is 2.82. The summed E-state index contributed by atoms with van der Waals surface area (Å²) in [4.78, 5) is 65.3. The second-order valence-electron chi connectivity index (χ2n) is 6.46. The van der Waals surface area contributed by atoms with Crippen LogP contribution in [0, 0.1) is 0 Å². The van der Waals surface area contributed by atoms with Gasteiger partial charge in [-0.3, -0.25) is 24.0 Å². The number of H-pyrrole nitrogens is 1. The maximum atomic E-state index is 12.5. The number of aromatic nitrogens is 2. The van der Waals surface area contributed by atoms with E-state index in [0.29, 0.717) is 5.69 Å². The molecule has 1 aromatic rings. The number of carbonyl (C=O) groups is 5. The molecule has 0 aliphatic heterocycles. The number of primary amides is 1. The number of carboxylic acids is 1. The van der Waals surface area contributed by atoms with Crippen LogP contribution in [0.4, 0.5) is 0 Å². The van der Waals surface area contributed by atoms with Crippen LogP contribution in [-0.2, 0) is 30.4 Å². The number of rotatable bonds is 12. The Morgan fingerprint density at radius 1 is 1.17 bits per heavy atom. The predicted molar refractivity (Wildman–Crippen MR) is 100 cm³/mol. The van der Waals surface area contributed by atoms with E-state index in [1.165, 1.54) is 19.4 Å². The third-order valence-electron chi connectivity index (χ3n) is 3.85. The van der Waals surface area contributed by atoms with E-state index in [0.717, 1.165) is 0 Å². The van der Waals surface area contributed by atoms with E-state index in [9.17, 15) is 29.1 Å². The van der Waals surface area contributed by atoms with Crippen LogP contribution < -0.4 is 27.4 Å². The average molecular weight is 427 g/mol. The number of hydrogen-bond acceptors (Lipinski definition) is 8. The van der Waals surface area contributed by atoms with Crippen LogP contribution in [0.15, 0.2) is 12.5 Å². The minimum absolute atomic E-state index is 0.0740. The van der Waals surface area contributed by atoms with Crippen molar-refractivity contribution in [2.24, 2.45) is 11.5 Å². The lowest BCUT2D eigenvalue weighted by molar-refractivity contribution is -0.139. The molecule has 4 amide bonds. The molecule has 0 saturated heterocycles. The maximum Gasteiger partial charge on any atom is 0.322 e. The molecule has 0 radical (unpaired) electrons. The summed E-state index contributed by atoms with van der Waals surface area (Å²) in [5.74, 6) is -4.98. The number of aliphatic hydroxyl groups excluding tert-OH is 1. The van der Waals surface area contributed by atoms with Gasteiger partial charge in [0.1, 0.15) is 18.6 Å². The molecule has 1 rings (SSSR count). The zero-order valence-corrected chi connectivity index (χ0v) is 16.1. The van der Waals surface area contributed by atoms with E-state index in [-0.39, 0.29) is 6.42 Å². The fraction of sp³-hybridized carbons (Fsp3) is 0.500. The number of nitrogens with one attached hydrogen (secondary N) is 4. The van der Waals surface area contributed by atoms with Crippen molar-refractivity contribution in [1.82, 2.24) is 25.9 Å². The largest absolute Gasteiger partial charge is 0.480 e. The number of imidazole rings is 1. The standard InChI is InChI=1S/C16H25N7O7/c1-7(24)13(16(30)20-5-12(26)27)23-15(29)10(3-11(18)25)22-14(28)9(17)2-8-4-19-6-21-8/h4,6-7,9-10,13,24H,2-3,5,17H2,1H3,(H2,18,25)(H,19,21)(H,20,30)(H,22,28)(H,23,29)(H,26,27). The molecule has 1 aromatic heterocycles. The van der Waals surface area contributed by atoms with Gasteiger partial charge >= 0.3 is 5.97 Å². The third kappa shape index (κ3) is 8.24. The van der Waals surface area contributed by atoms with Crippen LogP contribution in [-0.4, -0.2) is 80.6 Å². The molecule has 4 atom stereocenters. The van der Waals surface area contributed by atoms with Gasteiger partial charge in [-0.2, -0.15) is 0 Å². The first kappa shape index (κ1) is 24.5. The normalized spacial score (nSPS) is 14.6. The van der Waals surface area contributed by atoms with E-state index >= 15 is 0 Å². The number of aliphatic carboxylic acids is 1. The number of aliphatic hydroxyl groups is 1. The van der Waals surface area contributed by atoms with Crippen molar-refractivity contribution < 1.29 is 34.2 Å². The maximum absolute atomic E-state index is 12.5. The number of aromatic amines is 1. The molecule has 0 fully saturated rings. The van der Waals surface area contributed by atoms with Gasteiger partial charge in [0.05, 0.1) is 24.9 Å². The first-order chi connectivity index (χ1) is 14.0. The highest BCUT2D eigenvalue weighted by atomic mass is 16.4. The zero-order chi connectivity index (χ0) is 22.8. The summed E-state index contributed by atoms with van der Waals surface area (Å²) >= 11 is 0. The highest BCUT2D eigenvalue weighted by Crippen LogP contribution is 2.01. The molecule has 0 aliphatic carbocycles. The lowest BCUT2D eigenvalue weighted by atomic mass is 10.1. The van der Waals surface area contributed by atoms with Gasteiger partial charge in [0, 0.05) is 18.3 Å². The quantitative estimate of drug-likeness (QED) is 0.161. The molecular weight excluding hydrogens is 402 g/mol. The van der Waals surface area contributed by atoms with Gasteiger partial charge in [0.15, 0.2) is 0 Å². The number of carboxylic acid groups (broad SMARTS) is 1. The summed E-state index contributed by atoms with van der Waals surface area (Å²) in [5, 5.41) is 24.8. The second kappa shape index (κ2) is 11.5. The Bertz CT molecular complexity index is 766. The van der Waals surface area contributed by atoms with E-state index in [1.54, 1.807) is 0 Å². The van der Waals surface area contributed by atoms with Gasteiger partial charge in [0.25, 0.3) is 0 Å². The highest BCUT2D eigenvalue weighted by Gasteiger charge is 2.31. The molecule has 0 aromatic carbocycles. The number of carbonyl (C=O) groups excluding carboxylic acids is 4. The summed E-state index contributed by atoms with van der Waals surface area (Å²) in [6, 6.07) is -4.10. The summed E-state index contributed by atoms with van der Waals surface area (Å²) in [7, 11) is 0. The molecule has 14 heteroatoms. The molecule has 0 bridgehead atoms. The Kier molecular flexibility index (Phi) is 9.38. The van der Waals surface area contributed by atoms with Crippen LogP contribution >= 0.6 is 0 Å². The van der Waals surface area contributed by atoms with Crippen molar-refractivity contribution >= 4 is 29.6 Å². The van der Waals surface area contributed by atoms with Crippen molar-refractivity contribution in [3.63, 3.8) is 0 Å². The Morgan fingerprint density at radius 2 is 1.83 bits per heavy atom. The Hall–Kier alpha value is -3.52. The highest BCUT2D eigenvalue weighted by molar-refractivity contribution is 5.96. The molecule has 166 valence electrons. The summed E-state index contributed by atoms with van der Waals surface area (Å²) in [6.07, 6.45) is 0.927. The van der Waals surface area contributed by atoms with Gasteiger partial charge in [-0.15, -0.1) is 0 Å². The monoisotopic (exact) mass is 427 g/mol. The number of nitrogens with two attached hydrogens (primary N) is 2. The number of nitrogens with zero attached hydrogens (tertiary/aromatic N) is 1. The molecule has 30 heavy (non-hydrogen) atoms. The average Bonchev–Trinajstić information content (AvgIpc) is 3.15. The summed E-state index contributed by atoms with van der Waals surface area (Å²) in [6.45, 7) is 0.453. The fourth-order valence-corrected chi connectivity index (χ4v) is 2.35. The zero-order valence-electron chi connectivity index (χ0n) is 16.1. The van der Waals surface area contributed by atoms with Gasteiger partial charge < -0.3 is 42.6 Å². The van der Waals surface area contributed by atoms with Gasteiger partial charge in [-0.1, -0.05) is 0 Å². The van der Waals surface area contributed by atoms with Crippen LogP contribution in [0.3, 0.4) is 0 Å². The number of amides is 4. The molecule has 10 N–H and O–H groups in total. The molecule has 4 unspecified atom stereocenters. The van der Waals surface area contributed by atoms with Crippen LogP contribution in [0.2, 0.25) is 0 Å². The summed E-state index contributed by atoms with van der Waals surface area (Å²) < 4.78 is 0. The minimum Gasteiger partial charge on any atom is -0.480 e. The van der Waals surface area contributed by atoms with Crippen LogP contribution in [0.5, 0.6) is 0 Å². The Morgan fingerprint density at radius 3 is 2.33 bits per heavy atom. The topological polar surface area (TPSA) is 243 Å². The first-order valence-electron chi connectivity index (χ1n) is 8.80. The van der Waals surface area contributed by atoms with Gasteiger partial charge in [0.2, 0.25) is 23.6 Å². The minimum atomic E-state index is -1.54. The molecule has 1 heterocycles. The fourth-order valence-electron chi connectivity index (χ4n) is 2.35. The number of hydrogen-bond donors (Lipinski definition) is 8. The van der Waals surface area contributed by atoms with Crippen molar-refractivity contribution in [2.45, 2.75) is 44.0 Å². The molecule has 0 spiro atoms. The van der Waals surface area contributed by atoms with Gasteiger partial charge in [-0.25, -0.2) is 4.98 Å². The van der Waals surface area contributed by atoms with Crippen molar-refractivity contribution in [2.75, 3.05) is 6.54 Å².